The van der Waals surface area contributed by atoms with E-state index in [0.29, 0.717) is 41.3 Å². The van der Waals surface area contributed by atoms with Gasteiger partial charge in [-0.15, -0.1) is 0 Å². The number of amides is 4. The van der Waals surface area contributed by atoms with Crippen molar-refractivity contribution in [1.82, 2.24) is 25.2 Å². The Kier molecular flexibility index (Phi) is 8.44. The number of benzene rings is 1. The van der Waals surface area contributed by atoms with E-state index >= 15 is 0 Å². The van der Waals surface area contributed by atoms with Crippen LogP contribution < -0.4 is 15.5 Å². The van der Waals surface area contributed by atoms with E-state index in [-0.39, 0.29) is 23.9 Å². The van der Waals surface area contributed by atoms with Crippen molar-refractivity contribution in [3.63, 3.8) is 0 Å². The number of nitrogens with zero attached hydrogens (tertiary/aromatic N) is 5. The summed E-state index contributed by atoms with van der Waals surface area (Å²) in [6.07, 6.45) is 0.368. The molecule has 3 N–H and O–H groups in total. The molecule has 0 atom stereocenters. The molecule has 3 aromatic heterocycles. The molecule has 4 aromatic rings. The molecule has 15 heteroatoms. The van der Waals surface area contributed by atoms with Gasteiger partial charge < -0.3 is 14.8 Å². The van der Waals surface area contributed by atoms with Crippen LogP contribution in [-0.4, -0.2) is 62.4 Å². The Balaban J connectivity index is 1.15. The fraction of sp³-hybridized carbons (Fsp3) is 0.375. The number of urea groups is 1. The third kappa shape index (κ3) is 7.10. The van der Waals surface area contributed by atoms with Crippen molar-refractivity contribution >= 4 is 40.3 Å². The van der Waals surface area contributed by atoms with Crippen LogP contribution in [0.1, 0.15) is 72.2 Å². The average molecular weight is 652 g/mol. The predicted octanol–water partition coefficient (Wildman–Crippen LogP) is 4.94. The lowest BCUT2D eigenvalue weighted by atomic mass is 9.95. The lowest BCUT2D eigenvalue weighted by Crippen LogP contribution is -2.49. The summed E-state index contributed by atoms with van der Waals surface area (Å²) < 4.78 is 45.6. The van der Waals surface area contributed by atoms with Gasteiger partial charge in [0.15, 0.2) is 11.5 Å². The van der Waals surface area contributed by atoms with Crippen molar-refractivity contribution in [2.75, 3.05) is 29.9 Å². The zero-order chi connectivity index (χ0) is 33.5. The standard InChI is InChI=1S/C32H32F3N7O5/c1-31(2,46)21-13-24-25(14-23(21)38-28(44)22-4-3-5-26(37-22)32(33,34)35)47-29(39-24)19-6-9-41(10-7-19)17-18-12-20(16-36-15-18)42-11-8-27(43)40-30(42)45/h3-5,12-16,19,46H,6-11,17H2,1-2H3,(H,38,44)(H,40,43,45). The van der Waals surface area contributed by atoms with Gasteiger partial charge in [-0.05, 0) is 69.6 Å². The summed E-state index contributed by atoms with van der Waals surface area (Å²) in [5.74, 6) is -0.647. The molecule has 2 fully saturated rings. The summed E-state index contributed by atoms with van der Waals surface area (Å²) in [6.45, 7) is 5.45. The third-order valence-corrected chi connectivity index (χ3v) is 8.21. The van der Waals surface area contributed by atoms with E-state index in [9.17, 15) is 32.7 Å². The number of oxazole rings is 1. The quantitative estimate of drug-likeness (QED) is 0.252. The van der Waals surface area contributed by atoms with Gasteiger partial charge in [0.1, 0.15) is 16.9 Å². The van der Waals surface area contributed by atoms with E-state index in [1.165, 1.54) is 30.9 Å². The molecule has 246 valence electrons. The largest absolute Gasteiger partial charge is 0.440 e. The molecule has 4 amide bonds. The predicted molar refractivity (Wildman–Crippen MR) is 163 cm³/mol. The number of imide groups is 1. The Morgan fingerprint density at radius 2 is 1.85 bits per heavy atom. The summed E-state index contributed by atoms with van der Waals surface area (Å²) >= 11 is 0. The number of anilines is 2. The second kappa shape index (κ2) is 12.4. The number of hydrogen-bond donors (Lipinski definition) is 3. The number of likely N-dealkylation sites (tertiary alicyclic amines) is 1. The fourth-order valence-electron chi connectivity index (χ4n) is 5.80. The van der Waals surface area contributed by atoms with E-state index < -0.39 is 35.1 Å². The zero-order valence-electron chi connectivity index (χ0n) is 25.6. The van der Waals surface area contributed by atoms with Gasteiger partial charge in [-0.3, -0.25) is 29.7 Å². The van der Waals surface area contributed by atoms with Gasteiger partial charge in [0.05, 0.1) is 23.2 Å². The number of halogens is 3. The first-order valence-corrected chi connectivity index (χ1v) is 15.0. The highest BCUT2D eigenvalue weighted by Gasteiger charge is 2.33. The first-order chi connectivity index (χ1) is 22.2. The van der Waals surface area contributed by atoms with Gasteiger partial charge in [-0.2, -0.15) is 13.2 Å². The SMILES string of the molecule is CC(C)(O)c1cc2nc(C3CCN(Cc4cncc(N5CCC(=O)NC5=O)c4)CC3)oc2cc1NC(=O)c1cccc(C(F)(F)F)n1. The summed E-state index contributed by atoms with van der Waals surface area (Å²) in [7, 11) is 0. The number of aliphatic hydroxyl groups is 1. The van der Waals surface area contributed by atoms with Crippen molar-refractivity contribution in [2.45, 2.75) is 57.3 Å². The van der Waals surface area contributed by atoms with Gasteiger partial charge in [0.25, 0.3) is 5.91 Å². The van der Waals surface area contributed by atoms with Gasteiger partial charge in [0.2, 0.25) is 5.91 Å². The summed E-state index contributed by atoms with van der Waals surface area (Å²) in [4.78, 5) is 52.9. The fourth-order valence-corrected chi connectivity index (χ4v) is 5.80. The number of fused-ring (bicyclic) bond motifs is 1. The maximum Gasteiger partial charge on any atom is 0.433 e. The number of carbonyl (C=O) groups is 3. The van der Waals surface area contributed by atoms with Crippen LogP contribution in [0.15, 0.2) is 53.2 Å². The second-order valence-electron chi connectivity index (χ2n) is 12.2. The highest BCUT2D eigenvalue weighted by atomic mass is 19.4. The van der Waals surface area contributed by atoms with E-state index in [4.69, 9.17) is 4.42 Å². The summed E-state index contributed by atoms with van der Waals surface area (Å²) in [5.41, 5.74) is -0.185. The second-order valence-corrected chi connectivity index (χ2v) is 12.2. The van der Waals surface area contributed by atoms with E-state index in [1.807, 2.05) is 6.07 Å². The molecule has 0 spiro atoms. The maximum absolute atomic E-state index is 13.2. The molecule has 0 radical (unpaired) electrons. The molecular formula is C32H32F3N7O5. The van der Waals surface area contributed by atoms with Gasteiger partial charge in [0, 0.05) is 43.3 Å². The molecule has 47 heavy (non-hydrogen) atoms. The highest BCUT2D eigenvalue weighted by molar-refractivity contribution is 6.05. The minimum Gasteiger partial charge on any atom is -0.440 e. The Bertz CT molecular complexity index is 1840. The van der Waals surface area contributed by atoms with Crippen LogP contribution in [0.3, 0.4) is 0 Å². The molecular weight excluding hydrogens is 619 g/mol. The molecule has 2 aliphatic rings. The van der Waals surface area contributed by atoms with Crippen molar-refractivity contribution < 1.29 is 37.1 Å². The minimum absolute atomic E-state index is 0.00984. The number of alkyl halides is 3. The Morgan fingerprint density at radius 3 is 2.55 bits per heavy atom. The third-order valence-electron chi connectivity index (χ3n) is 8.21. The van der Waals surface area contributed by atoms with E-state index in [2.05, 4.69) is 30.5 Å². The number of aromatic nitrogens is 3. The van der Waals surface area contributed by atoms with Gasteiger partial charge in [-0.1, -0.05) is 6.07 Å². The van der Waals surface area contributed by atoms with Crippen LogP contribution >= 0.6 is 0 Å². The molecule has 0 bridgehead atoms. The minimum atomic E-state index is -4.71. The van der Waals surface area contributed by atoms with Crippen LogP contribution in [0, 0.1) is 0 Å². The first-order valence-electron chi connectivity index (χ1n) is 15.0. The number of pyridine rings is 2. The smallest absolute Gasteiger partial charge is 0.433 e. The van der Waals surface area contributed by atoms with Crippen molar-refractivity contribution in [1.29, 1.82) is 0 Å². The number of rotatable bonds is 7. The van der Waals surface area contributed by atoms with Crippen LogP contribution in [0.5, 0.6) is 0 Å². The Hall–Kier alpha value is -4.89. The van der Waals surface area contributed by atoms with Crippen molar-refractivity contribution in [2.24, 2.45) is 0 Å². The Labute approximate surface area is 267 Å². The topological polar surface area (TPSA) is 154 Å². The molecule has 0 unspecified atom stereocenters. The molecule has 6 rings (SSSR count). The summed E-state index contributed by atoms with van der Waals surface area (Å²) in [5, 5.41) is 15.8. The lowest BCUT2D eigenvalue weighted by Gasteiger charge is -2.31. The Morgan fingerprint density at radius 1 is 1.09 bits per heavy atom. The number of hydrogen-bond acceptors (Lipinski definition) is 9. The van der Waals surface area contributed by atoms with Crippen LogP contribution in [0.4, 0.5) is 29.3 Å². The number of piperidine rings is 1. The molecule has 2 saturated heterocycles. The number of carbonyl (C=O) groups excluding carboxylic acids is 3. The monoisotopic (exact) mass is 651 g/mol. The van der Waals surface area contributed by atoms with Crippen LogP contribution in [0.25, 0.3) is 11.1 Å². The lowest BCUT2D eigenvalue weighted by molar-refractivity contribution is -0.141. The van der Waals surface area contributed by atoms with E-state index in [0.717, 1.165) is 43.6 Å². The van der Waals surface area contributed by atoms with E-state index in [1.54, 1.807) is 18.5 Å². The molecule has 12 nitrogen and oxygen atoms in total. The highest BCUT2D eigenvalue weighted by Crippen LogP contribution is 2.36. The molecule has 2 aliphatic heterocycles. The normalized spacial score (nSPS) is 16.9. The molecule has 1 aromatic carbocycles. The molecule has 0 saturated carbocycles. The summed E-state index contributed by atoms with van der Waals surface area (Å²) in [6, 6.07) is 7.61. The zero-order valence-corrected chi connectivity index (χ0v) is 25.6. The first kappa shape index (κ1) is 32.1. The number of nitrogens with one attached hydrogen (secondary N) is 2. The van der Waals surface area contributed by atoms with Crippen molar-refractivity contribution in [3.8, 4) is 0 Å². The van der Waals surface area contributed by atoms with Gasteiger partial charge in [-0.25, -0.2) is 14.8 Å². The van der Waals surface area contributed by atoms with Crippen LogP contribution in [-0.2, 0) is 23.1 Å². The maximum atomic E-state index is 13.2. The van der Waals surface area contributed by atoms with Crippen molar-refractivity contribution in [3.05, 3.63) is 77.2 Å². The van der Waals surface area contributed by atoms with Crippen LogP contribution in [0.2, 0.25) is 0 Å². The van der Waals surface area contributed by atoms with Gasteiger partial charge >= 0.3 is 12.2 Å². The molecule has 0 aliphatic carbocycles. The molecule has 5 heterocycles. The average Bonchev–Trinajstić information content (AvgIpc) is 3.43.